The molecule has 5 heteroatoms. The Kier molecular flexibility index (Phi) is 3.93. The van der Waals surface area contributed by atoms with Gasteiger partial charge in [0.25, 0.3) is 5.91 Å². The molecule has 0 aromatic carbocycles. The van der Waals surface area contributed by atoms with Gasteiger partial charge in [0.2, 0.25) is 0 Å². The average Bonchev–Trinajstić information content (AvgIpc) is 2.55. The Bertz CT molecular complexity index is 415. The Morgan fingerprint density at radius 2 is 1.71 bits per heavy atom. The molecule has 2 aliphatic heterocycles. The first-order valence-electron chi connectivity index (χ1n) is 7.92. The molecule has 2 heterocycles. The number of ether oxygens (including phenoxy) is 1. The Labute approximate surface area is 128 Å². The van der Waals surface area contributed by atoms with E-state index < -0.39 is 11.3 Å². The topological polar surface area (TPSA) is 61.8 Å². The molecule has 122 valence electrons. The second-order valence-corrected chi connectivity index (χ2v) is 7.99. The molecule has 0 aromatic rings. The van der Waals surface area contributed by atoms with Crippen molar-refractivity contribution in [1.82, 2.24) is 10.2 Å². The number of hydrogen-bond acceptors (Lipinski definition) is 4. The number of piperidine rings is 1. The fraction of sp³-hybridized carbons (Fsp3) is 0.938. The molecule has 1 unspecified atom stereocenters. The van der Waals surface area contributed by atoms with E-state index in [1.165, 1.54) is 0 Å². The van der Waals surface area contributed by atoms with Crippen LogP contribution in [0.15, 0.2) is 0 Å². The number of carbonyl (C=O) groups is 1. The summed E-state index contributed by atoms with van der Waals surface area (Å²) in [6.07, 6.45) is 2.04. The average molecular weight is 298 g/mol. The highest BCUT2D eigenvalue weighted by Crippen LogP contribution is 2.48. The maximum absolute atomic E-state index is 12.7. The van der Waals surface area contributed by atoms with E-state index in [1.807, 2.05) is 13.8 Å². The van der Waals surface area contributed by atoms with Crippen molar-refractivity contribution in [1.29, 1.82) is 0 Å². The van der Waals surface area contributed by atoms with E-state index in [1.54, 1.807) is 0 Å². The second-order valence-electron chi connectivity index (χ2n) is 7.99. The molecule has 2 N–H and O–H groups in total. The van der Waals surface area contributed by atoms with Crippen LogP contribution >= 0.6 is 0 Å². The maximum Gasteiger partial charge on any atom is 0.254 e. The van der Waals surface area contributed by atoms with E-state index in [0.717, 1.165) is 6.42 Å². The largest absolute Gasteiger partial charge is 0.395 e. The van der Waals surface area contributed by atoms with Crippen LogP contribution in [0.25, 0.3) is 0 Å². The molecule has 0 aliphatic carbocycles. The van der Waals surface area contributed by atoms with E-state index in [4.69, 9.17) is 4.74 Å². The van der Waals surface area contributed by atoms with Gasteiger partial charge in [0, 0.05) is 30.5 Å². The highest BCUT2D eigenvalue weighted by molar-refractivity contribution is 5.88. The minimum atomic E-state index is -0.760. The number of aliphatic hydroxyl groups is 1. The number of aliphatic hydroxyl groups excluding tert-OH is 1. The third-order valence-corrected chi connectivity index (χ3v) is 5.11. The normalized spacial score (nSPS) is 34.1. The number of amides is 1. The van der Waals surface area contributed by atoms with Crippen LogP contribution in [0.2, 0.25) is 0 Å². The minimum absolute atomic E-state index is 0.0108. The number of nitrogens with zero attached hydrogens (tertiary/aromatic N) is 1. The lowest BCUT2D eigenvalue weighted by atomic mass is 9.70. The first-order chi connectivity index (χ1) is 9.50. The molecule has 2 saturated heterocycles. The molecular formula is C16H30N2O3. The van der Waals surface area contributed by atoms with Crippen molar-refractivity contribution >= 4 is 5.91 Å². The number of hydrogen-bond donors (Lipinski definition) is 2. The molecule has 0 radical (unpaired) electrons. The Morgan fingerprint density at radius 1 is 1.19 bits per heavy atom. The predicted molar refractivity (Wildman–Crippen MR) is 81.8 cm³/mol. The fourth-order valence-corrected chi connectivity index (χ4v) is 4.43. The van der Waals surface area contributed by atoms with Crippen LogP contribution in [0, 0.1) is 0 Å². The van der Waals surface area contributed by atoms with Crippen molar-refractivity contribution in [2.75, 3.05) is 13.2 Å². The van der Waals surface area contributed by atoms with Gasteiger partial charge in [-0.2, -0.15) is 0 Å². The number of carbonyl (C=O) groups excluding carboxylic acids is 1. The zero-order valence-electron chi connectivity index (χ0n) is 14.2. The quantitative estimate of drug-likeness (QED) is 0.831. The number of nitrogens with one attached hydrogen (secondary N) is 1. The zero-order chi connectivity index (χ0) is 16.1. The van der Waals surface area contributed by atoms with Gasteiger partial charge in [0.05, 0.1) is 6.61 Å². The molecular weight excluding hydrogens is 268 g/mol. The van der Waals surface area contributed by atoms with Crippen LogP contribution in [0.3, 0.4) is 0 Å². The Morgan fingerprint density at radius 3 is 2.10 bits per heavy atom. The van der Waals surface area contributed by atoms with Gasteiger partial charge >= 0.3 is 0 Å². The molecule has 0 aromatic heterocycles. The van der Waals surface area contributed by atoms with Crippen molar-refractivity contribution < 1.29 is 14.6 Å². The first-order valence-corrected chi connectivity index (χ1v) is 7.92. The van der Waals surface area contributed by atoms with Crippen molar-refractivity contribution in [3.63, 3.8) is 0 Å². The van der Waals surface area contributed by atoms with E-state index in [0.29, 0.717) is 19.4 Å². The molecule has 2 fully saturated rings. The molecule has 1 spiro atoms. The van der Waals surface area contributed by atoms with Crippen molar-refractivity contribution in [2.24, 2.45) is 0 Å². The van der Waals surface area contributed by atoms with Gasteiger partial charge in [-0.1, -0.05) is 6.92 Å². The molecule has 0 saturated carbocycles. The minimum Gasteiger partial charge on any atom is -0.395 e. The zero-order valence-corrected chi connectivity index (χ0v) is 14.2. The van der Waals surface area contributed by atoms with E-state index in [-0.39, 0.29) is 23.6 Å². The van der Waals surface area contributed by atoms with Crippen LogP contribution in [-0.4, -0.2) is 51.5 Å². The Balaban J connectivity index is 2.36. The van der Waals surface area contributed by atoms with Crippen LogP contribution in [-0.2, 0) is 9.53 Å². The summed E-state index contributed by atoms with van der Waals surface area (Å²) in [4.78, 5) is 15.0. The molecule has 1 atom stereocenters. The standard InChI is InChI=1S/C16H30N2O3/c1-7-15(6)17-12(20)16(21-15)10-13(2,3)18(8-9-19)14(4,5)11-16/h19H,7-11H2,1-6H3,(H,17,20). The van der Waals surface area contributed by atoms with Gasteiger partial charge in [0.1, 0.15) is 5.72 Å². The third-order valence-electron chi connectivity index (χ3n) is 5.11. The van der Waals surface area contributed by atoms with Crippen LogP contribution in [0.1, 0.15) is 60.8 Å². The van der Waals surface area contributed by atoms with Gasteiger partial charge in [-0.05, 0) is 41.0 Å². The Hall–Kier alpha value is -0.650. The molecule has 21 heavy (non-hydrogen) atoms. The van der Waals surface area contributed by atoms with E-state index in [2.05, 4.69) is 37.9 Å². The monoisotopic (exact) mass is 298 g/mol. The van der Waals surface area contributed by atoms with Gasteiger partial charge in [-0.3, -0.25) is 9.69 Å². The lowest BCUT2D eigenvalue weighted by Gasteiger charge is -2.57. The summed E-state index contributed by atoms with van der Waals surface area (Å²) >= 11 is 0. The summed E-state index contributed by atoms with van der Waals surface area (Å²) in [5, 5.41) is 12.4. The lowest BCUT2D eigenvalue weighted by Crippen LogP contribution is -2.67. The third kappa shape index (κ3) is 2.71. The van der Waals surface area contributed by atoms with Gasteiger partial charge in [-0.25, -0.2) is 0 Å². The van der Waals surface area contributed by atoms with Gasteiger partial charge in [-0.15, -0.1) is 0 Å². The van der Waals surface area contributed by atoms with E-state index >= 15 is 0 Å². The molecule has 2 rings (SSSR count). The summed E-state index contributed by atoms with van der Waals surface area (Å²) in [5.41, 5.74) is -1.74. The second kappa shape index (κ2) is 4.93. The van der Waals surface area contributed by atoms with Gasteiger partial charge in [0.15, 0.2) is 5.60 Å². The summed E-state index contributed by atoms with van der Waals surface area (Å²) < 4.78 is 6.29. The smallest absolute Gasteiger partial charge is 0.254 e. The molecule has 5 nitrogen and oxygen atoms in total. The van der Waals surface area contributed by atoms with Crippen LogP contribution in [0.5, 0.6) is 0 Å². The fourth-order valence-electron chi connectivity index (χ4n) is 4.43. The summed E-state index contributed by atoms with van der Waals surface area (Å²) in [7, 11) is 0. The van der Waals surface area contributed by atoms with Crippen molar-refractivity contribution in [3.05, 3.63) is 0 Å². The van der Waals surface area contributed by atoms with Crippen LogP contribution in [0.4, 0.5) is 0 Å². The maximum atomic E-state index is 12.7. The summed E-state index contributed by atoms with van der Waals surface area (Å²) in [6.45, 7) is 13.2. The first kappa shape index (κ1) is 16.7. The summed E-state index contributed by atoms with van der Waals surface area (Å²) in [5.74, 6) is 0.0108. The number of rotatable bonds is 3. The number of likely N-dealkylation sites (tertiary alicyclic amines) is 1. The predicted octanol–water partition coefficient (Wildman–Crippen LogP) is 1.64. The molecule has 2 aliphatic rings. The molecule has 1 amide bonds. The highest BCUT2D eigenvalue weighted by atomic mass is 16.6. The van der Waals surface area contributed by atoms with E-state index in [9.17, 15) is 9.90 Å². The van der Waals surface area contributed by atoms with Crippen LogP contribution < -0.4 is 5.32 Å². The summed E-state index contributed by atoms with van der Waals surface area (Å²) in [6, 6.07) is 0. The lowest BCUT2D eigenvalue weighted by molar-refractivity contribution is -0.185. The van der Waals surface area contributed by atoms with Gasteiger partial charge < -0.3 is 15.2 Å². The highest BCUT2D eigenvalue weighted by Gasteiger charge is 2.61. The van der Waals surface area contributed by atoms with Crippen molar-refractivity contribution in [2.45, 2.75) is 83.2 Å². The van der Waals surface area contributed by atoms with Crippen molar-refractivity contribution in [3.8, 4) is 0 Å². The molecule has 0 bridgehead atoms. The number of β-amino-alcohol motifs (C(OH)–C–C–N with tert-alkyl or cyclic N) is 1. The SMILES string of the molecule is CCC1(C)NC(=O)C2(CC(C)(C)N(CCO)C(C)(C)C2)O1.